The average molecular weight is 333 g/mol. The summed E-state index contributed by atoms with van der Waals surface area (Å²) in [7, 11) is 0. The van der Waals surface area contributed by atoms with Gasteiger partial charge in [0.2, 0.25) is 5.82 Å². The SMILES string of the molecule is Cc1nnc(-c2c(Cl)cccc2I)nn1. The molecule has 1 aromatic heterocycles. The summed E-state index contributed by atoms with van der Waals surface area (Å²) >= 11 is 8.24. The van der Waals surface area contributed by atoms with Crippen molar-refractivity contribution in [2.45, 2.75) is 6.92 Å². The molecule has 0 atom stereocenters. The fourth-order valence-electron chi connectivity index (χ4n) is 1.09. The highest BCUT2D eigenvalue weighted by Gasteiger charge is 2.11. The molecule has 2 aromatic rings. The average Bonchev–Trinajstić information content (AvgIpc) is 2.20. The smallest absolute Gasteiger partial charge is 0.131 e. The zero-order valence-corrected chi connectivity index (χ0v) is 10.7. The molecule has 4 nitrogen and oxygen atoms in total. The van der Waals surface area contributed by atoms with E-state index in [4.69, 9.17) is 11.6 Å². The van der Waals surface area contributed by atoms with E-state index in [0.29, 0.717) is 16.7 Å². The van der Waals surface area contributed by atoms with E-state index in [2.05, 4.69) is 43.0 Å². The second-order valence-electron chi connectivity index (χ2n) is 2.87. The van der Waals surface area contributed by atoms with Gasteiger partial charge in [0, 0.05) is 3.57 Å². The second kappa shape index (κ2) is 4.36. The third-order valence-electron chi connectivity index (χ3n) is 1.77. The summed E-state index contributed by atoms with van der Waals surface area (Å²) in [4.78, 5) is 0. The summed E-state index contributed by atoms with van der Waals surface area (Å²) in [5, 5.41) is 16.2. The van der Waals surface area contributed by atoms with E-state index in [-0.39, 0.29) is 0 Å². The van der Waals surface area contributed by atoms with Crippen LogP contribution in [0.5, 0.6) is 0 Å². The molecule has 0 spiro atoms. The third-order valence-corrected chi connectivity index (χ3v) is 2.98. The van der Waals surface area contributed by atoms with E-state index in [1.807, 2.05) is 12.1 Å². The normalized spacial score (nSPS) is 10.3. The summed E-state index contributed by atoms with van der Waals surface area (Å²) in [6.45, 7) is 1.74. The van der Waals surface area contributed by atoms with Crippen LogP contribution >= 0.6 is 34.2 Å². The molecular weight excluding hydrogens is 326 g/mol. The Labute approximate surface area is 105 Å². The molecule has 6 heteroatoms. The van der Waals surface area contributed by atoms with Gasteiger partial charge in [-0.1, -0.05) is 17.7 Å². The number of aryl methyl sites for hydroxylation is 1. The minimum atomic E-state index is 0.454. The molecule has 0 N–H and O–H groups in total. The van der Waals surface area contributed by atoms with Crippen molar-refractivity contribution in [1.82, 2.24) is 20.4 Å². The molecule has 0 saturated heterocycles. The number of benzene rings is 1. The van der Waals surface area contributed by atoms with Crippen LogP contribution in [0.1, 0.15) is 5.82 Å². The number of hydrogen-bond donors (Lipinski definition) is 0. The number of rotatable bonds is 1. The molecule has 0 aliphatic rings. The van der Waals surface area contributed by atoms with Crippen molar-refractivity contribution in [2.75, 3.05) is 0 Å². The molecule has 2 rings (SSSR count). The maximum Gasteiger partial charge on any atom is 0.206 e. The third kappa shape index (κ3) is 2.23. The summed E-state index contributed by atoms with van der Waals surface area (Å²) in [5.41, 5.74) is 0.778. The zero-order chi connectivity index (χ0) is 10.8. The minimum Gasteiger partial charge on any atom is -0.131 e. The Hall–Kier alpha value is -0.820. The summed E-state index contributed by atoms with van der Waals surface area (Å²) < 4.78 is 0.979. The molecule has 0 radical (unpaired) electrons. The van der Waals surface area contributed by atoms with Crippen molar-refractivity contribution in [3.8, 4) is 11.4 Å². The Morgan fingerprint density at radius 2 is 1.80 bits per heavy atom. The van der Waals surface area contributed by atoms with Crippen LogP contribution in [0.3, 0.4) is 0 Å². The Bertz CT molecular complexity index is 466. The van der Waals surface area contributed by atoms with Crippen molar-refractivity contribution < 1.29 is 0 Å². The van der Waals surface area contributed by atoms with Gasteiger partial charge in [0.1, 0.15) is 0 Å². The molecule has 1 heterocycles. The van der Waals surface area contributed by atoms with E-state index in [1.54, 1.807) is 13.0 Å². The van der Waals surface area contributed by atoms with Crippen LogP contribution in [-0.4, -0.2) is 20.4 Å². The lowest BCUT2D eigenvalue weighted by molar-refractivity contribution is 0.815. The Morgan fingerprint density at radius 3 is 2.40 bits per heavy atom. The first-order valence-electron chi connectivity index (χ1n) is 4.17. The maximum absolute atomic E-state index is 6.06. The van der Waals surface area contributed by atoms with E-state index < -0.39 is 0 Å². The molecule has 0 amide bonds. The lowest BCUT2D eigenvalue weighted by atomic mass is 10.2. The first-order valence-corrected chi connectivity index (χ1v) is 5.62. The van der Waals surface area contributed by atoms with Crippen LogP contribution in [0.25, 0.3) is 11.4 Å². The van der Waals surface area contributed by atoms with Crippen LogP contribution in [0, 0.1) is 10.5 Å². The van der Waals surface area contributed by atoms with E-state index in [9.17, 15) is 0 Å². The standard InChI is InChI=1S/C9H6ClIN4/c1-5-12-14-9(15-13-5)8-6(10)3-2-4-7(8)11/h2-4H,1H3. The molecule has 1 aromatic carbocycles. The van der Waals surface area contributed by atoms with Gasteiger partial charge in [0.05, 0.1) is 10.6 Å². The minimum absolute atomic E-state index is 0.454. The maximum atomic E-state index is 6.06. The Morgan fingerprint density at radius 1 is 1.13 bits per heavy atom. The fraction of sp³-hybridized carbons (Fsp3) is 0.111. The number of nitrogens with zero attached hydrogens (tertiary/aromatic N) is 4. The zero-order valence-electron chi connectivity index (χ0n) is 7.78. The molecular formula is C9H6ClIN4. The van der Waals surface area contributed by atoms with Crippen LogP contribution in [0.4, 0.5) is 0 Å². The van der Waals surface area contributed by atoms with Crippen LogP contribution in [0.15, 0.2) is 18.2 Å². The number of halogens is 2. The largest absolute Gasteiger partial charge is 0.206 e. The predicted octanol–water partition coefficient (Wildman–Crippen LogP) is 2.50. The lowest BCUT2D eigenvalue weighted by Crippen LogP contribution is -2.00. The van der Waals surface area contributed by atoms with Gasteiger partial charge < -0.3 is 0 Å². The summed E-state index contributed by atoms with van der Waals surface area (Å²) in [6, 6.07) is 5.61. The predicted molar refractivity (Wildman–Crippen MR) is 65.5 cm³/mol. The van der Waals surface area contributed by atoms with Gasteiger partial charge in [-0.25, -0.2) is 0 Å². The van der Waals surface area contributed by atoms with Crippen molar-refractivity contribution in [3.63, 3.8) is 0 Å². The highest BCUT2D eigenvalue weighted by molar-refractivity contribution is 14.1. The Balaban J connectivity index is 2.58. The van der Waals surface area contributed by atoms with Gasteiger partial charge >= 0.3 is 0 Å². The second-order valence-corrected chi connectivity index (χ2v) is 4.44. The van der Waals surface area contributed by atoms with Crippen molar-refractivity contribution in [1.29, 1.82) is 0 Å². The molecule has 0 unspecified atom stereocenters. The Kier molecular flexibility index (Phi) is 3.11. The first kappa shape index (κ1) is 10.7. The molecule has 0 aliphatic heterocycles. The van der Waals surface area contributed by atoms with Gasteiger partial charge in [-0.2, -0.15) is 0 Å². The van der Waals surface area contributed by atoms with Crippen LogP contribution < -0.4 is 0 Å². The highest BCUT2D eigenvalue weighted by Crippen LogP contribution is 2.28. The van der Waals surface area contributed by atoms with Gasteiger partial charge in [0.15, 0.2) is 5.82 Å². The lowest BCUT2D eigenvalue weighted by Gasteiger charge is -2.03. The molecule has 15 heavy (non-hydrogen) atoms. The van der Waals surface area contributed by atoms with Gasteiger partial charge in [-0.3, -0.25) is 0 Å². The van der Waals surface area contributed by atoms with Crippen molar-refractivity contribution in [3.05, 3.63) is 32.6 Å². The number of aromatic nitrogens is 4. The molecule has 0 aliphatic carbocycles. The van der Waals surface area contributed by atoms with Crippen molar-refractivity contribution in [2.24, 2.45) is 0 Å². The van der Waals surface area contributed by atoms with E-state index >= 15 is 0 Å². The quantitative estimate of drug-likeness (QED) is 0.753. The van der Waals surface area contributed by atoms with Crippen molar-refractivity contribution >= 4 is 34.2 Å². The van der Waals surface area contributed by atoms with E-state index in [1.165, 1.54) is 0 Å². The molecule has 0 bridgehead atoms. The molecule has 0 saturated carbocycles. The monoisotopic (exact) mass is 332 g/mol. The summed E-state index contributed by atoms with van der Waals surface area (Å²) in [6.07, 6.45) is 0. The van der Waals surface area contributed by atoms with Gasteiger partial charge in [-0.05, 0) is 41.6 Å². The van der Waals surface area contributed by atoms with E-state index in [0.717, 1.165) is 9.13 Å². The summed E-state index contributed by atoms with van der Waals surface area (Å²) in [5.74, 6) is 0.997. The van der Waals surface area contributed by atoms with Gasteiger partial charge in [0.25, 0.3) is 0 Å². The van der Waals surface area contributed by atoms with Crippen LogP contribution in [-0.2, 0) is 0 Å². The number of hydrogen-bond acceptors (Lipinski definition) is 4. The topological polar surface area (TPSA) is 51.6 Å². The van der Waals surface area contributed by atoms with Crippen LogP contribution in [0.2, 0.25) is 5.02 Å². The molecule has 76 valence electrons. The van der Waals surface area contributed by atoms with Gasteiger partial charge in [-0.15, -0.1) is 20.4 Å². The highest BCUT2D eigenvalue weighted by atomic mass is 127. The fourth-order valence-corrected chi connectivity index (χ4v) is 2.25. The molecule has 0 fully saturated rings. The first-order chi connectivity index (χ1) is 7.18.